The Morgan fingerprint density at radius 3 is 2.58 bits per heavy atom. The van der Waals surface area contributed by atoms with Gasteiger partial charge in [0.25, 0.3) is 0 Å². The smallest absolute Gasteiger partial charge is 0.125 e. The third-order valence-electron chi connectivity index (χ3n) is 3.38. The van der Waals surface area contributed by atoms with Crippen LogP contribution in [0.1, 0.15) is 23.6 Å². The van der Waals surface area contributed by atoms with Crippen molar-refractivity contribution in [3.05, 3.63) is 28.8 Å². The summed E-state index contributed by atoms with van der Waals surface area (Å²) in [6, 6.07) is 4.42. The maximum atomic E-state index is 5.53. The number of hydrogen-bond acceptors (Lipinski definition) is 3. The van der Waals surface area contributed by atoms with Gasteiger partial charge in [-0.05, 0) is 45.0 Å². The van der Waals surface area contributed by atoms with Gasteiger partial charge in [0.1, 0.15) is 5.75 Å². The lowest BCUT2D eigenvalue weighted by Crippen LogP contribution is -2.30. The van der Waals surface area contributed by atoms with Gasteiger partial charge < -0.3 is 15.0 Å². The highest BCUT2D eigenvalue weighted by Gasteiger charge is 2.08. The van der Waals surface area contributed by atoms with E-state index < -0.39 is 0 Å². The van der Waals surface area contributed by atoms with Gasteiger partial charge in [-0.15, -0.1) is 0 Å². The maximum Gasteiger partial charge on any atom is 0.125 e. The second-order valence-electron chi connectivity index (χ2n) is 5.18. The molecule has 19 heavy (non-hydrogen) atoms. The number of aryl methyl sites for hydroxylation is 2. The molecule has 1 N–H and O–H groups in total. The van der Waals surface area contributed by atoms with Crippen LogP contribution in [0.2, 0.25) is 0 Å². The van der Waals surface area contributed by atoms with Crippen LogP contribution in [-0.4, -0.2) is 45.2 Å². The monoisotopic (exact) mass is 264 g/mol. The quantitative estimate of drug-likeness (QED) is 0.730. The normalized spacial score (nSPS) is 11.1. The maximum absolute atomic E-state index is 5.53. The summed E-state index contributed by atoms with van der Waals surface area (Å²) in [6.45, 7) is 10.6. The van der Waals surface area contributed by atoms with Gasteiger partial charge in [-0.3, -0.25) is 0 Å². The lowest BCUT2D eigenvalue weighted by atomic mass is 10.0. The van der Waals surface area contributed by atoms with Gasteiger partial charge in [-0.1, -0.05) is 24.6 Å². The second kappa shape index (κ2) is 8.18. The van der Waals surface area contributed by atoms with Gasteiger partial charge in [0.15, 0.2) is 0 Å². The van der Waals surface area contributed by atoms with Gasteiger partial charge in [0.05, 0.1) is 7.11 Å². The summed E-state index contributed by atoms with van der Waals surface area (Å²) >= 11 is 0. The van der Waals surface area contributed by atoms with E-state index in [0.717, 1.165) is 38.3 Å². The highest BCUT2D eigenvalue weighted by molar-refractivity contribution is 5.43. The van der Waals surface area contributed by atoms with Crippen LogP contribution < -0.4 is 10.1 Å². The second-order valence-corrected chi connectivity index (χ2v) is 5.18. The average molecular weight is 264 g/mol. The van der Waals surface area contributed by atoms with E-state index in [1.54, 1.807) is 7.11 Å². The van der Waals surface area contributed by atoms with Crippen LogP contribution >= 0.6 is 0 Å². The first-order chi connectivity index (χ1) is 9.08. The Bertz CT molecular complexity index is 391. The van der Waals surface area contributed by atoms with Crippen LogP contribution in [0.15, 0.2) is 12.1 Å². The lowest BCUT2D eigenvalue weighted by molar-refractivity contribution is 0.333. The summed E-state index contributed by atoms with van der Waals surface area (Å²) in [6.07, 6.45) is 1.04. The van der Waals surface area contributed by atoms with Crippen molar-refractivity contribution in [3.8, 4) is 5.75 Å². The lowest BCUT2D eigenvalue weighted by Gasteiger charge is -2.18. The molecule has 3 nitrogen and oxygen atoms in total. The fourth-order valence-electron chi connectivity index (χ4n) is 2.39. The van der Waals surface area contributed by atoms with E-state index in [9.17, 15) is 0 Å². The predicted molar refractivity (Wildman–Crippen MR) is 82.2 cm³/mol. The molecule has 0 unspecified atom stereocenters. The molecule has 1 rings (SSSR count). The minimum Gasteiger partial charge on any atom is -0.496 e. The van der Waals surface area contributed by atoms with Crippen LogP contribution in [0.3, 0.4) is 0 Å². The molecule has 0 atom stereocenters. The zero-order valence-corrected chi connectivity index (χ0v) is 13.0. The highest BCUT2D eigenvalue weighted by atomic mass is 16.5. The summed E-state index contributed by atoms with van der Waals surface area (Å²) in [4.78, 5) is 2.36. The standard InChI is InChI=1S/C16H28N2O/c1-6-17-8-10-18(4)9-7-15-12-13(2)11-14(3)16(15)19-5/h11-12,17H,6-10H2,1-5H3. The Morgan fingerprint density at radius 2 is 1.95 bits per heavy atom. The molecule has 108 valence electrons. The largest absolute Gasteiger partial charge is 0.496 e. The summed E-state index contributed by atoms with van der Waals surface area (Å²) in [5, 5.41) is 3.35. The summed E-state index contributed by atoms with van der Waals surface area (Å²) in [5.74, 6) is 1.05. The number of rotatable bonds is 8. The van der Waals surface area contributed by atoms with Gasteiger partial charge >= 0.3 is 0 Å². The molecule has 0 bridgehead atoms. The van der Waals surface area contributed by atoms with Gasteiger partial charge in [-0.25, -0.2) is 0 Å². The van der Waals surface area contributed by atoms with Crippen molar-refractivity contribution in [3.63, 3.8) is 0 Å². The Hall–Kier alpha value is -1.06. The summed E-state index contributed by atoms with van der Waals surface area (Å²) < 4.78 is 5.53. The highest BCUT2D eigenvalue weighted by Crippen LogP contribution is 2.25. The first-order valence-electron chi connectivity index (χ1n) is 7.11. The van der Waals surface area contributed by atoms with Crippen LogP contribution in [0.25, 0.3) is 0 Å². The third-order valence-corrected chi connectivity index (χ3v) is 3.38. The first-order valence-corrected chi connectivity index (χ1v) is 7.11. The molecule has 0 saturated heterocycles. The molecule has 0 aliphatic carbocycles. The molecule has 0 aromatic heterocycles. The fourth-order valence-corrected chi connectivity index (χ4v) is 2.39. The molecule has 3 heteroatoms. The Balaban J connectivity index is 2.57. The topological polar surface area (TPSA) is 24.5 Å². The Kier molecular flexibility index (Phi) is 6.89. The van der Waals surface area contributed by atoms with Crippen molar-refractivity contribution in [2.45, 2.75) is 27.2 Å². The van der Waals surface area contributed by atoms with E-state index in [4.69, 9.17) is 4.74 Å². The number of hydrogen-bond donors (Lipinski definition) is 1. The van der Waals surface area contributed by atoms with Crippen molar-refractivity contribution < 1.29 is 4.74 Å². The van der Waals surface area contributed by atoms with Gasteiger partial charge in [0.2, 0.25) is 0 Å². The van der Waals surface area contributed by atoms with Crippen LogP contribution in [-0.2, 0) is 6.42 Å². The van der Waals surface area contributed by atoms with Crippen molar-refractivity contribution in [1.82, 2.24) is 10.2 Å². The van der Waals surface area contributed by atoms with E-state index in [2.05, 4.69) is 50.2 Å². The minimum absolute atomic E-state index is 1.04. The first kappa shape index (κ1) is 16.0. The van der Waals surface area contributed by atoms with Crippen molar-refractivity contribution >= 4 is 0 Å². The average Bonchev–Trinajstić information content (AvgIpc) is 2.36. The molecule has 0 aliphatic heterocycles. The fraction of sp³-hybridized carbons (Fsp3) is 0.625. The van der Waals surface area contributed by atoms with Gasteiger partial charge in [-0.2, -0.15) is 0 Å². The van der Waals surface area contributed by atoms with E-state index in [1.165, 1.54) is 16.7 Å². The molecule has 0 spiro atoms. The molecule has 1 aromatic rings. The molecule has 0 heterocycles. The van der Waals surface area contributed by atoms with Crippen molar-refractivity contribution in [2.75, 3.05) is 40.3 Å². The number of methoxy groups -OCH3 is 1. The molecular formula is C16H28N2O. The van der Waals surface area contributed by atoms with Crippen LogP contribution in [0, 0.1) is 13.8 Å². The Morgan fingerprint density at radius 1 is 1.21 bits per heavy atom. The molecular weight excluding hydrogens is 236 g/mol. The van der Waals surface area contributed by atoms with Crippen LogP contribution in [0.4, 0.5) is 0 Å². The number of benzene rings is 1. The Labute approximate surface area is 118 Å². The number of likely N-dealkylation sites (N-methyl/N-ethyl adjacent to an activating group) is 2. The molecule has 1 aromatic carbocycles. The van der Waals surface area contributed by atoms with E-state index >= 15 is 0 Å². The van der Waals surface area contributed by atoms with E-state index in [-0.39, 0.29) is 0 Å². The third kappa shape index (κ3) is 5.21. The predicted octanol–water partition coefficient (Wildman–Crippen LogP) is 2.40. The number of nitrogens with one attached hydrogen (secondary N) is 1. The SMILES string of the molecule is CCNCCN(C)CCc1cc(C)cc(C)c1OC. The van der Waals surface area contributed by atoms with E-state index in [1.807, 2.05) is 0 Å². The zero-order chi connectivity index (χ0) is 14.3. The summed E-state index contributed by atoms with van der Waals surface area (Å²) in [5.41, 5.74) is 3.85. The molecule has 0 radical (unpaired) electrons. The zero-order valence-electron chi connectivity index (χ0n) is 13.0. The molecule has 0 fully saturated rings. The van der Waals surface area contributed by atoms with Crippen LogP contribution in [0.5, 0.6) is 5.75 Å². The van der Waals surface area contributed by atoms with E-state index in [0.29, 0.717) is 0 Å². The minimum atomic E-state index is 1.04. The summed E-state index contributed by atoms with van der Waals surface area (Å²) in [7, 11) is 3.93. The molecule has 0 aliphatic rings. The molecule has 0 saturated carbocycles. The van der Waals surface area contributed by atoms with Gasteiger partial charge in [0, 0.05) is 19.6 Å². The van der Waals surface area contributed by atoms with Crippen molar-refractivity contribution in [1.29, 1.82) is 0 Å². The number of nitrogens with zero attached hydrogens (tertiary/aromatic N) is 1. The number of ether oxygens (including phenoxy) is 1. The molecule has 0 amide bonds. The van der Waals surface area contributed by atoms with Crippen molar-refractivity contribution in [2.24, 2.45) is 0 Å².